The summed E-state index contributed by atoms with van der Waals surface area (Å²) in [6, 6.07) is 4.23. The Labute approximate surface area is 101 Å². The van der Waals surface area contributed by atoms with Crippen molar-refractivity contribution in [3.05, 3.63) is 30.6 Å². The van der Waals surface area contributed by atoms with E-state index in [-0.39, 0.29) is 0 Å². The van der Waals surface area contributed by atoms with Gasteiger partial charge in [-0.2, -0.15) is 26.3 Å². The van der Waals surface area contributed by atoms with Gasteiger partial charge in [0.25, 0.3) is 0 Å². The molecular weight excluding hydrogens is 284 g/mol. The fourth-order valence-corrected chi connectivity index (χ4v) is 0.680. The molecule has 106 valence electrons. The first-order valence-corrected chi connectivity index (χ1v) is 4.32. The molecule has 0 aliphatic heterocycles. The zero-order valence-corrected chi connectivity index (χ0v) is 8.83. The number of aromatic nitrogens is 1. The van der Waals surface area contributed by atoms with Crippen molar-refractivity contribution in [1.29, 1.82) is 0 Å². The minimum absolute atomic E-state index is 0.486. The maximum atomic E-state index is 11.8. The lowest BCUT2D eigenvalue weighted by atomic mass is 10.4. The van der Waals surface area contributed by atoms with Crippen LogP contribution in [0.15, 0.2) is 30.6 Å². The molecule has 0 aliphatic carbocycles. The SMILES string of the molecule is O=C([O-])C(F)(F)F.O=C([n+]1ccccc1)C(F)(F)F. The second-order valence-electron chi connectivity index (χ2n) is 2.87. The Morgan fingerprint density at radius 2 is 1.21 bits per heavy atom. The van der Waals surface area contributed by atoms with Crippen molar-refractivity contribution in [1.82, 2.24) is 0 Å². The highest BCUT2D eigenvalue weighted by Crippen LogP contribution is 2.13. The summed E-state index contributed by atoms with van der Waals surface area (Å²) < 4.78 is 67.3. The van der Waals surface area contributed by atoms with Crippen molar-refractivity contribution >= 4 is 11.9 Å². The van der Waals surface area contributed by atoms with Gasteiger partial charge in [-0.25, -0.2) is 4.79 Å². The number of pyridine rings is 1. The molecule has 1 aromatic rings. The minimum atomic E-state index is -5.19. The van der Waals surface area contributed by atoms with Gasteiger partial charge in [0.2, 0.25) is 0 Å². The van der Waals surface area contributed by atoms with Gasteiger partial charge in [-0.1, -0.05) is 6.07 Å². The number of hydrogen-bond donors (Lipinski definition) is 0. The van der Waals surface area contributed by atoms with E-state index < -0.39 is 24.2 Å². The highest BCUT2D eigenvalue weighted by Gasteiger charge is 2.47. The first-order chi connectivity index (χ1) is 8.46. The molecule has 0 bridgehead atoms. The number of rotatable bonds is 0. The molecule has 1 aromatic heterocycles. The van der Waals surface area contributed by atoms with Gasteiger partial charge < -0.3 is 9.90 Å². The quantitative estimate of drug-likeness (QED) is 0.515. The molecule has 1 rings (SSSR count). The number of hydrogen-bond acceptors (Lipinski definition) is 3. The highest BCUT2D eigenvalue weighted by molar-refractivity contribution is 5.72. The molecule has 0 aliphatic rings. The van der Waals surface area contributed by atoms with Crippen LogP contribution >= 0.6 is 0 Å². The second-order valence-corrected chi connectivity index (χ2v) is 2.87. The van der Waals surface area contributed by atoms with Crippen LogP contribution in [-0.4, -0.2) is 24.2 Å². The van der Waals surface area contributed by atoms with E-state index in [2.05, 4.69) is 0 Å². The van der Waals surface area contributed by atoms with Gasteiger partial charge in [-0.05, 0) is 0 Å². The van der Waals surface area contributed by atoms with Crippen LogP contribution in [0.4, 0.5) is 26.3 Å². The first kappa shape index (κ1) is 16.9. The van der Waals surface area contributed by atoms with E-state index in [0.29, 0.717) is 4.57 Å². The maximum Gasteiger partial charge on any atom is 0.521 e. The highest BCUT2D eigenvalue weighted by atomic mass is 19.4. The van der Waals surface area contributed by atoms with Gasteiger partial charge in [-0.15, -0.1) is 4.57 Å². The van der Waals surface area contributed by atoms with Crippen molar-refractivity contribution in [2.24, 2.45) is 0 Å². The molecule has 0 spiro atoms. The van der Waals surface area contributed by atoms with Gasteiger partial charge in [-0.3, -0.25) is 0 Å². The average Bonchev–Trinajstić information content (AvgIpc) is 2.27. The molecule has 0 saturated heterocycles. The van der Waals surface area contributed by atoms with Gasteiger partial charge in [0.15, 0.2) is 12.4 Å². The largest absolute Gasteiger partial charge is 0.542 e. The lowest BCUT2D eigenvalue weighted by Gasteiger charge is -2.03. The molecular formula is C9H5F6NO3. The number of carboxylic acid groups (broad SMARTS) is 1. The van der Waals surface area contributed by atoms with Crippen LogP contribution in [0.25, 0.3) is 0 Å². The van der Waals surface area contributed by atoms with Crippen LogP contribution in [0, 0.1) is 0 Å². The Morgan fingerprint density at radius 3 is 1.47 bits per heavy atom. The zero-order valence-electron chi connectivity index (χ0n) is 8.83. The third-order valence-electron chi connectivity index (χ3n) is 1.42. The summed E-state index contributed by atoms with van der Waals surface area (Å²) in [5.41, 5.74) is 0. The summed E-state index contributed by atoms with van der Waals surface area (Å²) in [7, 11) is 0. The zero-order chi connectivity index (χ0) is 15.3. The number of carboxylic acids is 1. The molecule has 10 heteroatoms. The number of aliphatic carboxylic acids is 1. The summed E-state index contributed by atoms with van der Waals surface area (Å²) in [6.45, 7) is 0. The molecule has 4 nitrogen and oxygen atoms in total. The van der Waals surface area contributed by atoms with Crippen LogP contribution in [0.5, 0.6) is 0 Å². The van der Waals surface area contributed by atoms with E-state index in [1.54, 1.807) is 0 Å². The van der Waals surface area contributed by atoms with Crippen molar-refractivity contribution in [3.63, 3.8) is 0 Å². The Kier molecular flexibility index (Phi) is 5.47. The number of alkyl halides is 6. The molecule has 0 fully saturated rings. The minimum Gasteiger partial charge on any atom is -0.542 e. The Morgan fingerprint density at radius 1 is 0.842 bits per heavy atom. The van der Waals surface area contributed by atoms with Gasteiger partial charge in [0.05, 0.1) is 0 Å². The number of nitrogens with zero attached hydrogens (tertiary/aromatic N) is 1. The lowest BCUT2D eigenvalue weighted by Crippen LogP contribution is -2.50. The molecule has 0 amide bonds. The van der Waals surface area contributed by atoms with E-state index in [0.717, 1.165) is 12.4 Å². The summed E-state index contributed by atoms with van der Waals surface area (Å²) in [5.74, 6) is -4.89. The second kappa shape index (κ2) is 6.16. The average molecular weight is 289 g/mol. The standard InChI is InChI=1S/C7H5F3NO.C2HF3O2/c8-7(9,10)6(12)11-4-2-1-3-5-11;3-2(4,5)1(6)7/h1-5H;(H,6,7)/q+1;/p-1. The third-order valence-corrected chi connectivity index (χ3v) is 1.42. The normalized spacial score (nSPS) is 11.3. The van der Waals surface area contributed by atoms with Gasteiger partial charge in [0, 0.05) is 12.1 Å². The fourth-order valence-electron chi connectivity index (χ4n) is 0.680. The van der Waals surface area contributed by atoms with Crippen molar-refractivity contribution < 1.29 is 45.6 Å². The van der Waals surface area contributed by atoms with E-state index in [9.17, 15) is 31.1 Å². The molecule has 19 heavy (non-hydrogen) atoms. The van der Waals surface area contributed by atoms with Crippen LogP contribution in [0.3, 0.4) is 0 Å². The molecule has 0 aromatic carbocycles. The predicted octanol–water partition coefficient (Wildman–Crippen LogP) is 0.475. The van der Waals surface area contributed by atoms with Gasteiger partial charge >= 0.3 is 18.3 Å². The lowest BCUT2D eigenvalue weighted by molar-refractivity contribution is -0.586. The van der Waals surface area contributed by atoms with E-state index >= 15 is 0 Å². The Balaban J connectivity index is 0.000000399. The molecule has 0 N–H and O–H groups in total. The Hall–Kier alpha value is -2.13. The molecule has 0 radical (unpaired) electrons. The summed E-state index contributed by atoms with van der Waals surface area (Å²) in [4.78, 5) is 19.3. The molecule has 1 heterocycles. The number of halogens is 6. The first-order valence-electron chi connectivity index (χ1n) is 4.32. The molecule has 0 atom stereocenters. The third kappa shape index (κ3) is 6.38. The molecule has 0 saturated carbocycles. The topological polar surface area (TPSA) is 61.1 Å². The van der Waals surface area contributed by atoms with Gasteiger partial charge in [0.1, 0.15) is 5.97 Å². The molecule has 0 unspecified atom stereocenters. The predicted molar refractivity (Wildman–Crippen MR) is 44.4 cm³/mol. The smallest absolute Gasteiger partial charge is 0.521 e. The van der Waals surface area contributed by atoms with Crippen molar-refractivity contribution in [2.45, 2.75) is 12.4 Å². The summed E-state index contributed by atoms with van der Waals surface area (Å²) in [6.07, 6.45) is -7.91. The number of carbonyl (C=O) groups is 2. The summed E-state index contributed by atoms with van der Waals surface area (Å²) >= 11 is 0. The van der Waals surface area contributed by atoms with Crippen molar-refractivity contribution in [3.8, 4) is 0 Å². The van der Waals surface area contributed by atoms with E-state index in [4.69, 9.17) is 9.90 Å². The number of carbonyl (C=O) groups excluding carboxylic acids is 2. The van der Waals surface area contributed by atoms with Crippen LogP contribution in [-0.2, 0) is 4.79 Å². The maximum absolute atomic E-state index is 11.8. The van der Waals surface area contributed by atoms with E-state index in [1.165, 1.54) is 18.2 Å². The summed E-state index contributed by atoms with van der Waals surface area (Å²) in [5, 5.41) is 8.78. The van der Waals surface area contributed by atoms with Crippen LogP contribution in [0.1, 0.15) is 4.79 Å². The monoisotopic (exact) mass is 289 g/mol. The van der Waals surface area contributed by atoms with Crippen LogP contribution in [0.2, 0.25) is 0 Å². The Bertz CT molecular complexity index is 440. The van der Waals surface area contributed by atoms with E-state index in [1.807, 2.05) is 0 Å². The van der Waals surface area contributed by atoms with Crippen molar-refractivity contribution in [2.75, 3.05) is 0 Å². The fraction of sp³-hybridized carbons (Fsp3) is 0.222. The van der Waals surface area contributed by atoms with Crippen LogP contribution < -0.4 is 9.67 Å².